The molecule has 1 heterocycles. The molecule has 6 heteroatoms. The summed E-state index contributed by atoms with van der Waals surface area (Å²) in [5.74, 6) is -0.311. The molecule has 0 aliphatic rings. The lowest BCUT2D eigenvalue weighted by molar-refractivity contribution is -0.115. The van der Waals surface area contributed by atoms with Crippen molar-refractivity contribution in [1.82, 2.24) is 9.55 Å². The van der Waals surface area contributed by atoms with E-state index in [1.165, 1.54) is 19.4 Å². The Kier molecular flexibility index (Phi) is 8.96. The van der Waals surface area contributed by atoms with Crippen molar-refractivity contribution in [3.63, 3.8) is 0 Å². The summed E-state index contributed by atoms with van der Waals surface area (Å²) in [5, 5.41) is 8.43. The van der Waals surface area contributed by atoms with Gasteiger partial charge in [-0.25, -0.2) is 4.98 Å². The van der Waals surface area contributed by atoms with Crippen molar-refractivity contribution in [2.75, 3.05) is 0 Å². The highest BCUT2D eigenvalue weighted by atomic mass is 16.1. The molecule has 3 rings (SSSR count). The van der Waals surface area contributed by atoms with Crippen LogP contribution in [0.2, 0.25) is 0 Å². The SMILES string of the molecule is CC(=O)c1ccc(C#N)cc1.CC(N)=O.CCCn1cnc2ccccc21. The Morgan fingerprint density at radius 1 is 1.11 bits per heavy atom. The number of amides is 1. The third-order valence-corrected chi connectivity index (χ3v) is 3.41. The van der Waals surface area contributed by atoms with E-state index in [2.05, 4.69) is 34.3 Å². The Hall–Kier alpha value is -3.46. The molecule has 0 fully saturated rings. The number of benzene rings is 2. The zero-order valence-corrected chi connectivity index (χ0v) is 15.8. The van der Waals surface area contributed by atoms with Crippen molar-refractivity contribution in [2.24, 2.45) is 5.73 Å². The second-order valence-corrected chi connectivity index (χ2v) is 5.78. The molecule has 2 aromatic carbocycles. The van der Waals surface area contributed by atoms with Gasteiger partial charge in [-0.2, -0.15) is 5.26 Å². The van der Waals surface area contributed by atoms with Crippen LogP contribution in [0.1, 0.15) is 43.1 Å². The van der Waals surface area contributed by atoms with Gasteiger partial charge in [-0.1, -0.05) is 31.2 Å². The zero-order chi connectivity index (χ0) is 20.2. The van der Waals surface area contributed by atoms with Crippen LogP contribution in [0, 0.1) is 11.3 Å². The van der Waals surface area contributed by atoms with Gasteiger partial charge in [-0.15, -0.1) is 0 Å². The van der Waals surface area contributed by atoms with Crippen molar-refractivity contribution < 1.29 is 9.59 Å². The van der Waals surface area contributed by atoms with Crippen LogP contribution in [0.4, 0.5) is 0 Å². The number of fused-ring (bicyclic) bond motifs is 1. The Balaban J connectivity index is 0.000000227. The second-order valence-electron chi connectivity index (χ2n) is 5.78. The zero-order valence-electron chi connectivity index (χ0n) is 15.8. The van der Waals surface area contributed by atoms with Crippen molar-refractivity contribution in [3.8, 4) is 6.07 Å². The lowest BCUT2D eigenvalue weighted by atomic mass is 10.1. The molecule has 0 aliphatic heterocycles. The van der Waals surface area contributed by atoms with E-state index in [4.69, 9.17) is 5.26 Å². The third-order valence-electron chi connectivity index (χ3n) is 3.41. The summed E-state index contributed by atoms with van der Waals surface area (Å²) in [7, 11) is 0. The molecule has 1 amide bonds. The molecule has 0 unspecified atom stereocenters. The normalized spacial score (nSPS) is 9.26. The molecule has 0 spiro atoms. The number of carbonyl (C=O) groups excluding carboxylic acids is 2. The summed E-state index contributed by atoms with van der Waals surface area (Å²) in [4.78, 5) is 24.3. The fourth-order valence-electron chi connectivity index (χ4n) is 2.21. The van der Waals surface area contributed by atoms with Gasteiger partial charge in [0.05, 0.1) is 29.0 Å². The van der Waals surface area contributed by atoms with Crippen molar-refractivity contribution >= 4 is 22.7 Å². The topological polar surface area (TPSA) is 102 Å². The predicted octanol–water partition coefficient (Wildman–Crippen LogP) is 3.70. The van der Waals surface area contributed by atoms with Gasteiger partial charge in [0.25, 0.3) is 0 Å². The first-order chi connectivity index (χ1) is 12.9. The Morgan fingerprint density at radius 3 is 2.22 bits per heavy atom. The molecule has 1 aromatic heterocycles. The van der Waals surface area contributed by atoms with E-state index in [0.717, 1.165) is 18.5 Å². The number of aromatic nitrogens is 2. The summed E-state index contributed by atoms with van der Waals surface area (Å²) in [6, 6.07) is 16.8. The maximum absolute atomic E-state index is 10.8. The number of hydrogen-bond donors (Lipinski definition) is 1. The molecule has 2 N–H and O–H groups in total. The summed E-state index contributed by atoms with van der Waals surface area (Å²) < 4.78 is 2.19. The van der Waals surface area contributed by atoms with Gasteiger partial charge < -0.3 is 10.3 Å². The van der Waals surface area contributed by atoms with Gasteiger partial charge >= 0.3 is 0 Å². The van der Waals surface area contributed by atoms with Gasteiger partial charge in [-0.3, -0.25) is 9.59 Å². The number of ketones is 1. The smallest absolute Gasteiger partial charge is 0.214 e. The van der Waals surface area contributed by atoms with E-state index >= 15 is 0 Å². The summed E-state index contributed by atoms with van der Waals surface area (Å²) in [5.41, 5.74) is 8.02. The number of Topliss-reactive ketones (excluding diaryl/α,β-unsaturated/α-hetero) is 1. The summed E-state index contributed by atoms with van der Waals surface area (Å²) in [6.07, 6.45) is 3.06. The molecule has 3 aromatic rings. The summed E-state index contributed by atoms with van der Waals surface area (Å²) >= 11 is 0. The van der Waals surface area contributed by atoms with E-state index in [1.54, 1.807) is 24.3 Å². The van der Waals surface area contributed by atoms with E-state index in [1.807, 2.05) is 24.5 Å². The molecule has 0 atom stereocenters. The van der Waals surface area contributed by atoms with Crippen molar-refractivity contribution in [2.45, 2.75) is 33.7 Å². The van der Waals surface area contributed by atoms with E-state index in [-0.39, 0.29) is 11.7 Å². The van der Waals surface area contributed by atoms with Crippen molar-refractivity contribution in [3.05, 3.63) is 66.0 Å². The predicted molar refractivity (Wildman–Crippen MR) is 106 cm³/mol. The van der Waals surface area contributed by atoms with Crippen LogP contribution >= 0.6 is 0 Å². The molecule has 0 bridgehead atoms. The molecule has 0 aliphatic carbocycles. The number of nitriles is 1. The molecule has 27 heavy (non-hydrogen) atoms. The van der Waals surface area contributed by atoms with Crippen LogP contribution in [0.5, 0.6) is 0 Å². The highest BCUT2D eigenvalue weighted by Gasteiger charge is 1.98. The van der Waals surface area contributed by atoms with Crippen LogP contribution in [-0.4, -0.2) is 21.2 Å². The number of hydrogen-bond acceptors (Lipinski definition) is 4. The largest absolute Gasteiger partial charge is 0.370 e. The first-order valence-electron chi connectivity index (χ1n) is 8.56. The first-order valence-corrected chi connectivity index (χ1v) is 8.56. The lowest BCUT2D eigenvalue weighted by Gasteiger charge is -1.99. The van der Waals surface area contributed by atoms with Crippen LogP contribution in [0.25, 0.3) is 11.0 Å². The number of para-hydroxylation sites is 2. The van der Waals surface area contributed by atoms with Crippen molar-refractivity contribution in [1.29, 1.82) is 5.26 Å². The Labute approximate surface area is 159 Å². The number of nitrogens with two attached hydrogens (primary N) is 1. The monoisotopic (exact) mass is 364 g/mol. The molecular formula is C21H24N4O2. The van der Waals surface area contributed by atoms with Crippen LogP contribution in [0.15, 0.2) is 54.9 Å². The van der Waals surface area contributed by atoms with Gasteiger partial charge in [0.2, 0.25) is 5.91 Å². The summed E-state index contributed by atoms with van der Waals surface area (Å²) in [6.45, 7) is 6.04. The fraction of sp³-hybridized carbons (Fsp3) is 0.238. The molecule has 6 nitrogen and oxygen atoms in total. The first kappa shape index (κ1) is 21.6. The highest BCUT2D eigenvalue weighted by molar-refractivity contribution is 5.94. The van der Waals surface area contributed by atoms with Gasteiger partial charge in [0.1, 0.15) is 0 Å². The minimum atomic E-state index is -0.333. The quantitative estimate of drug-likeness (QED) is 0.716. The van der Waals surface area contributed by atoms with Crippen LogP contribution in [-0.2, 0) is 11.3 Å². The third kappa shape index (κ3) is 7.53. The van der Waals surface area contributed by atoms with Crippen LogP contribution < -0.4 is 5.73 Å². The number of carbonyl (C=O) groups is 2. The van der Waals surface area contributed by atoms with Gasteiger partial charge in [0, 0.05) is 19.0 Å². The Bertz CT molecular complexity index is 917. The van der Waals surface area contributed by atoms with Gasteiger partial charge in [-0.05, 0) is 37.6 Å². The molecule has 0 radical (unpaired) electrons. The Morgan fingerprint density at radius 2 is 1.70 bits per heavy atom. The van der Waals surface area contributed by atoms with E-state index in [9.17, 15) is 9.59 Å². The maximum atomic E-state index is 10.8. The number of nitrogens with zero attached hydrogens (tertiary/aromatic N) is 3. The number of rotatable bonds is 3. The average molecular weight is 364 g/mol. The highest BCUT2D eigenvalue weighted by Crippen LogP contribution is 2.11. The van der Waals surface area contributed by atoms with E-state index < -0.39 is 0 Å². The fourth-order valence-corrected chi connectivity index (χ4v) is 2.21. The minimum absolute atomic E-state index is 0.0227. The van der Waals surface area contributed by atoms with Gasteiger partial charge in [0.15, 0.2) is 5.78 Å². The minimum Gasteiger partial charge on any atom is -0.370 e. The molecule has 0 saturated carbocycles. The standard InChI is InChI=1S/C10H12N2.C9H7NO.C2H5NO/c1-2-7-12-8-11-9-5-3-4-6-10(9)12;1-7(11)9-4-2-8(6-10)3-5-9;1-2(3)4/h3-6,8H,2,7H2,1H3;2-5H,1H3;1H3,(H2,3,4). The molecule has 0 saturated heterocycles. The average Bonchev–Trinajstić information content (AvgIpc) is 3.05. The maximum Gasteiger partial charge on any atom is 0.214 e. The number of imidazole rings is 1. The number of aryl methyl sites for hydroxylation is 1. The molecule has 140 valence electrons. The second kappa shape index (κ2) is 11.2. The van der Waals surface area contributed by atoms with Crippen LogP contribution in [0.3, 0.4) is 0 Å². The van der Waals surface area contributed by atoms with E-state index in [0.29, 0.717) is 11.1 Å². The lowest BCUT2D eigenvalue weighted by Crippen LogP contribution is -2.01. The number of primary amides is 1. The molecular weight excluding hydrogens is 340 g/mol.